The van der Waals surface area contributed by atoms with Crippen molar-refractivity contribution < 1.29 is 18.7 Å². The van der Waals surface area contributed by atoms with Crippen LogP contribution >= 0.6 is 0 Å². The summed E-state index contributed by atoms with van der Waals surface area (Å²) in [5, 5.41) is 5.34. The van der Waals surface area contributed by atoms with E-state index in [0.717, 1.165) is 25.2 Å². The fourth-order valence-corrected chi connectivity index (χ4v) is 6.88. The summed E-state index contributed by atoms with van der Waals surface area (Å²) in [7, 11) is 0. The molecule has 2 atom stereocenters. The summed E-state index contributed by atoms with van der Waals surface area (Å²) in [5.74, 6) is -0.231. The third-order valence-electron chi connectivity index (χ3n) is 8.69. The van der Waals surface area contributed by atoms with Crippen LogP contribution in [0.1, 0.15) is 30.0 Å². The maximum atomic E-state index is 14.0. The zero-order chi connectivity index (χ0) is 25.1. The molecule has 7 rings (SSSR count). The van der Waals surface area contributed by atoms with E-state index in [1.165, 1.54) is 34.0 Å². The van der Waals surface area contributed by atoms with E-state index in [1.54, 1.807) is 17.0 Å². The van der Waals surface area contributed by atoms with Gasteiger partial charge in [-0.2, -0.15) is 0 Å². The molecule has 2 amide bonds. The van der Waals surface area contributed by atoms with Crippen molar-refractivity contribution >= 4 is 28.5 Å². The molecule has 3 aromatic rings. The Bertz CT molecular complexity index is 1380. The maximum absolute atomic E-state index is 14.0. The van der Waals surface area contributed by atoms with Gasteiger partial charge in [-0.25, -0.2) is 9.18 Å². The first-order valence-electron chi connectivity index (χ1n) is 13.0. The Morgan fingerprint density at radius 2 is 1.76 bits per heavy atom. The number of carbonyl (C=O) groups excluding carboxylic acids is 2. The zero-order valence-electron chi connectivity index (χ0n) is 20.5. The highest BCUT2D eigenvalue weighted by molar-refractivity contribution is 5.94. The molecule has 3 aromatic carbocycles. The molecule has 0 aromatic heterocycles. The van der Waals surface area contributed by atoms with Gasteiger partial charge in [-0.05, 0) is 65.4 Å². The molecule has 1 spiro atoms. The van der Waals surface area contributed by atoms with Crippen molar-refractivity contribution in [3.8, 4) is 0 Å². The van der Waals surface area contributed by atoms with E-state index in [-0.39, 0.29) is 17.8 Å². The average Bonchev–Trinajstić information content (AvgIpc) is 3.58. The lowest BCUT2D eigenvalue weighted by molar-refractivity contribution is -0.134. The molecule has 1 N–H and O–H groups in total. The highest BCUT2D eigenvalue weighted by atomic mass is 19.1. The van der Waals surface area contributed by atoms with E-state index in [2.05, 4.69) is 51.5 Å². The minimum Gasteiger partial charge on any atom is -0.442 e. The molecule has 4 aliphatic rings. The predicted molar refractivity (Wildman–Crippen MR) is 138 cm³/mol. The molecule has 0 saturated carbocycles. The summed E-state index contributed by atoms with van der Waals surface area (Å²) >= 11 is 0. The number of likely N-dealkylation sites (tertiary alicyclic amines) is 1. The number of nitrogens with zero attached hydrogens (tertiary/aromatic N) is 3. The van der Waals surface area contributed by atoms with Crippen molar-refractivity contribution in [2.45, 2.75) is 36.9 Å². The van der Waals surface area contributed by atoms with E-state index in [4.69, 9.17) is 4.74 Å². The van der Waals surface area contributed by atoms with Crippen LogP contribution in [0.2, 0.25) is 0 Å². The molecular formula is C29H29FN4O3. The van der Waals surface area contributed by atoms with Gasteiger partial charge in [0.15, 0.2) is 0 Å². The summed E-state index contributed by atoms with van der Waals surface area (Å²) in [6.07, 6.45) is 1.56. The number of nitrogens with one attached hydrogen (secondary N) is 1. The van der Waals surface area contributed by atoms with Crippen LogP contribution in [0.15, 0.2) is 60.7 Å². The van der Waals surface area contributed by atoms with Crippen LogP contribution in [-0.4, -0.2) is 66.3 Å². The van der Waals surface area contributed by atoms with Gasteiger partial charge in [-0.1, -0.05) is 36.4 Å². The lowest BCUT2D eigenvalue weighted by atomic mass is 9.84. The van der Waals surface area contributed by atoms with Crippen molar-refractivity contribution in [1.82, 2.24) is 15.1 Å². The van der Waals surface area contributed by atoms with Crippen LogP contribution in [0.3, 0.4) is 0 Å². The molecule has 0 unspecified atom stereocenters. The Balaban J connectivity index is 1.15. The van der Waals surface area contributed by atoms with Crippen molar-refractivity contribution in [2.75, 3.05) is 37.7 Å². The topological polar surface area (TPSA) is 65.1 Å². The van der Waals surface area contributed by atoms with Gasteiger partial charge in [0.05, 0.1) is 19.8 Å². The first-order chi connectivity index (χ1) is 18.0. The van der Waals surface area contributed by atoms with Crippen molar-refractivity contribution in [3.63, 3.8) is 0 Å². The predicted octanol–water partition coefficient (Wildman–Crippen LogP) is 3.83. The molecule has 1 aliphatic carbocycles. The summed E-state index contributed by atoms with van der Waals surface area (Å²) in [6, 6.07) is 19.8. The Kier molecular flexibility index (Phi) is 5.15. The molecule has 0 bridgehead atoms. The number of alkyl carbamates (subject to hydrolysis) is 1. The molecule has 0 radical (unpaired) electrons. The highest BCUT2D eigenvalue weighted by Crippen LogP contribution is 2.45. The van der Waals surface area contributed by atoms with E-state index < -0.39 is 11.6 Å². The van der Waals surface area contributed by atoms with Crippen LogP contribution < -0.4 is 10.2 Å². The van der Waals surface area contributed by atoms with Crippen molar-refractivity contribution in [2.24, 2.45) is 0 Å². The van der Waals surface area contributed by atoms with Crippen LogP contribution in [0.4, 0.5) is 14.9 Å². The van der Waals surface area contributed by atoms with Gasteiger partial charge in [0, 0.05) is 24.8 Å². The van der Waals surface area contributed by atoms with Crippen LogP contribution in [0.25, 0.3) is 10.8 Å². The monoisotopic (exact) mass is 500 g/mol. The largest absolute Gasteiger partial charge is 0.442 e. The SMILES string of the molecule is O=C1NC[C@@H](CN2CN(c3ccc(F)cc3)C3(CCN([C@@H]4Cc5cccc6cccc4c56)CC3)C2=O)O1. The number of ether oxygens (including phenoxy) is 1. The van der Waals surface area contributed by atoms with Crippen molar-refractivity contribution in [1.29, 1.82) is 0 Å². The Morgan fingerprint density at radius 3 is 2.49 bits per heavy atom. The normalized spacial score (nSPS) is 24.8. The van der Waals surface area contributed by atoms with Gasteiger partial charge in [0.2, 0.25) is 5.91 Å². The molecular weight excluding hydrogens is 471 g/mol. The van der Waals surface area contributed by atoms with Crippen LogP contribution in [0, 0.1) is 5.82 Å². The molecule has 7 nitrogen and oxygen atoms in total. The summed E-state index contributed by atoms with van der Waals surface area (Å²) in [6.45, 7) is 2.74. The second kappa shape index (κ2) is 8.45. The minimum absolute atomic E-state index is 0.0660. The molecule has 3 heterocycles. The third-order valence-corrected chi connectivity index (χ3v) is 8.69. The lowest BCUT2D eigenvalue weighted by Gasteiger charge is -2.45. The first-order valence-corrected chi connectivity index (χ1v) is 13.0. The summed E-state index contributed by atoms with van der Waals surface area (Å²) < 4.78 is 19.1. The van der Waals surface area contributed by atoms with E-state index in [1.807, 2.05) is 0 Å². The number of amides is 2. The molecule has 37 heavy (non-hydrogen) atoms. The Hall–Kier alpha value is -3.65. The lowest BCUT2D eigenvalue weighted by Crippen LogP contribution is -2.57. The van der Waals surface area contributed by atoms with Gasteiger partial charge in [-0.3, -0.25) is 9.69 Å². The number of rotatable bonds is 4. The van der Waals surface area contributed by atoms with Crippen LogP contribution in [-0.2, 0) is 16.0 Å². The van der Waals surface area contributed by atoms with Gasteiger partial charge in [0.1, 0.15) is 17.5 Å². The van der Waals surface area contributed by atoms with Gasteiger partial charge in [0.25, 0.3) is 0 Å². The van der Waals surface area contributed by atoms with Gasteiger partial charge < -0.3 is 19.9 Å². The summed E-state index contributed by atoms with van der Waals surface area (Å²) in [4.78, 5) is 32.0. The fraction of sp³-hybridized carbons (Fsp3) is 0.379. The molecule has 3 fully saturated rings. The quantitative estimate of drug-likeness (QED) is 0.590. The number of anilines is 1. The van der Waals surface area contributed by atoms with Crippen molar-refractivity contribution in [3.05, 3.63) is 77.6 Å². The van der Waals surface area contributed by atoms with Gasteiger partial charge in [-0.15, -0.1) is 0 Å². The Morgan fingerprint density at radius 1 is 1.00 bits per heavy atom. The smallest absolute Gasteiger partial charge is 0.407 e. The average molecular weight is 501 g/mol. The van der Waals surface area contributed by atoms with E-state index in [0.29, 0.717) is 38.6 Å². The Labute approximate surface area is 214 Å². The number of carbonyl (C=O) groups is 2. The minimum atomic E-state index is -0.693. The van der Waals surface area contributed by atoms with Gasteiger partial charge >= 0.3 is 6.09 Å². The highest BCUT2D eigenvalue weighted by Gasteiger charge is 2.55. The molecule has 3 aliphatic heterocycles. The standard InChI is InChI=1S/C29H29FN4O3/c30-21-7-9-22(10-8-21)34-18-33(17-23-16-31-28(36)37-23)27(35)29(34)11-13-32(14-12-29)25-15-20-5-1-3-19-4-2-6-24(25)26(19)20/h1-10,23,25H,11-18H2,(H,31,36)/t23-,25+/m0/s1. The third kappa shape index (κ3) is 3.57. The number of hydrogen-bond acceptors (Lipinski definition) is 5. The second-order valence-electron chi connectivity index (χ2n) is 10.6. The number of cyclic esters (lactones) is 1. The number of benzene rings is 3. The van der Waals surface area contributed by atoms with Crippen LogP contribution in [0.5, 0.6) is 0 Å². The van der Waals surface area contributed by atoms with E-state index >= 15 is 0 Å². The first kappa shape index (κ1) is 22.5. The fourth-order valence-electron chi connectivity index (χ4n) is 6.88. The molecule has 190 valence electrons. The second-order valence-corrected chi connectivity index (χ2v) is 10.6. The number of halogens is 1. The summed E-state index contributed by atoms with van der Waals surface area (Å²) in [5.41, 5.74) is 2.93. The maximum Gasteiger partial charge on any atom is 0.407 e. The zero-order valence-corrected chi connectivity index (χ0v) is 20.5. The molecule has 3 saturated heterocycles. The number of hydrogen-bond donors (Lipinski definition) is 1. The number of piperidine rings is 1. The van der Waals surface area contributed by atoms with E-state index in [9.17, 15) is 14.0 Å². The molecule has 8 heteroatoms.